The van der Waals surface area contributed by atoms with Crippen molar-refractivity contribution in [2.45, 2.75) is 63.8 Å². The van der Waals surface area contributed by atoms with Gasteiger partial charge in [-0.05, 0) is 63.3 Å². The van der Waals surface area contributed by atoms with E-state index in [1.54, 1.807) is 0 Å². The Kier molecular flexibility index (Phi) is 6.40. The summed E-state index contributed by atoms with van der Waals surface area (Å²) in [6.07, 6.45) is 9.99. The smallest absolute Gasteiger partial charge is 0.268 e. The fourth-order valence-corrected chi connectivity index (χ4v) is 7.10. The number of aryl methyl sites for hydroxylation is 1. The van der Waals surface area contributed by atoms with Gasteiger partial charge in [0.15, 0.2) is 0 Å². The lowest BCUT2D eigenvalue weighted by Gasteiger charge is -2.51. The number of ether oxygens (including phenoxy) is 1. The zero-order valence-corrected chi connectivity index (χ0v) is 23.4. The van der Waals surface area contributed by atoms with Gasteiger partial charge in [0, 0.05) is 66.5 Å². The number of aliphatic hydroxyl groups is 1. The molecule has 0 saturated carbocycles. The normalized spacial score (nSPS) is 22.8. The molecule has 1 atom stereocenters. The zero-order valence-electron chi connectivity index (χ0n) is 23.4. The second kappa shape index (κ2) is 9.98. The number of pyridine rings is 2. The Balaban J connectivity index is 1.19. The van der Waals surface area contributed by atoms with Crippen molar-refractivity contribution in [1.82, 2.24) is 24.8 Å². The minimum Gasteiger partial charge on any atom is -0.392 e. The van der Waals surface area contributed by atoms with Crippen LogP contribution in [0.15, 0.2) is 36.8 Å². The van der Waals surface area contributed by atoms with Crippen LogP contribution in [0.3, 0.4) is 0 Å². The van der Waals surface area contributed by atoms with Gasteiger partial charge in [-0.1, -0.05) is 0 Å². The predicted molar refractivity (Wildman–Crippen MR) is 153 cm³/mol. The average Bonchev–Trinajstić information content (AvgIpc) is 3.33. The zero-order chi connectivity index (χ0) is 27.4. The number of aromatic nitrogens is 3. The molecule has 1 aliphatic carbocycles. The third-order valence-corrected chi connectivity index (χ3v) is 9.27. The van der Waals surface area contributed by atoms with E-state index in [4.69, 9.17) is 9.72 Å². The van der Waals surface area contributed by atoms with Crippen molar-refractivity contribution in [1.29, 1.82) is 0 Å². The first kappa shape index (κ1) is 25.7. The highest BCUT2D eigenvalue weighted by molar-refractivity contribution is 5.94. The van der Waals surface area contributed by atoms with Crippen LogP contribution in [0.4, 0.5) is 5.69 Å². The first-order valence-corrected chi connectivity index (χ1v) is 14.6. The van der Waals surface area contributed by atoms with Gasteiger partial charge in [0.25, 0.3) is 5.91 Å². The highest BCUT2D eigenvalue weighted by Gasteiger charge is 2.39. The monoisotopic (exact) mass is 542 g/mol. The van der Waals surface area contributed by atoms with Crippen molar-refractivity contribution >= 4 is 11.6 Å². The third kappa shape index (κ3) is 4.31. The standard InChI is InChI=1S/C31H38N6O3/c1-31(2)19-35(25-17-40-18-25)7-8-36(31)24-10-22(12-32-14-24)21-9-23(16-38)29(33-13-21)28-15-34-30(39)27-11-20-5-3-4-6-26(20)37(27)28/h9-14,25,28,38H,3-8,15-19H2,1-2H3,(H,34,39). The van der Waals surface area contributed by atoms with Crippen LogP contribution in [-0.4, -0.2) is 81.4 Å². The number of fused-ring (bicyclic) bond motifs is 3. The summed E-state index contributed by atoms with van der Waals surface area (Å²) in [7, 11) is 0. The van der Waals surface area contributed by atoms with Gasteiger partial charge in [-0.25, -0.2) is 0 Å². The molecular formula is C31H38N6O3. The summed E-state index contributed by atoms with van der Waals surface area (Å²) in [5, 5.41) is 13.5. The molecule has 4 aliphatic rings. The van der Waals surface area contributed by atoms with E-state index in [9.17, 15) is 9.90 Å². The number of piperazine rings is 1. The van der Waals surface area contributed by atoms with Gasteiger partial charge in [-0.3, -0.25) is 19.7 Å². The summed E-state index contributed by atoms with van der Waals surface area (Å²) in [5.74, 6) is -0.0273. The first-order chi connectivity index (χ1) is 19.4. The predicted octanol–water partition coefficient (Wildman–Crippen LogP) is 2.95. The molecule has 0 radical (unpaired) electrons. The molecule has 210 valence electrons. The van der Waals surface area contributed by atoms with Gasteiger partial charge < -0.3 is 24.6 Å². The maximum Gasteiger partial charge on any atom is 0.268 e. The van der Waals surface area contributed by atoms with Gasteiger partial charge in [0.2, 0.25) is 0 Å². The number of aliphatic hydroxyl groups excluding tert-OH is 1. The summed E-state index contributed by atoms with van der Waals surface area (Å²) in [5.41, 5.74) is 7.81. The number of rotatable bonds is 5. The van der Waals surface area contributed by atoms with Crippen molar-refractivity contribution in [2.75, 3.05) is 44.3 Å². The Labute approximate surface area is 235 Å². The molecule has 3 aromatic rings. The van der Waals surface area contributed by atoms with Gasteiger partial charge in [-0.15, -0.1) is 0 Å². The minimum absolute atomic E-state index is 0.0273. The van der Waals surface area contributed by atoms with Crippen LogP contribution < -0.4 is 10.2 Å². The van der Waals surface area contributed by atoms with E-state index in [0.29, 0.717) is 18.3 Å². The summed E-state index contributed by atoms with van der Waals surface area (Å²) >= 11 is 0. The van der Waals surface area contributed by atoms with Crippen LogP contribution in [0.2, 0.25) is 0 Å². The molecule has 2 N–H and O–H groups in total. The lowest BCUT2D eigenvalue weighted by molar-refractivity contribution is -0.0741. The topological polar surface area (TPSA) is 95.8 Å². The lowest BCUT2D eigenvalue weighted by atomic mass is 9.95. The molecule has 2 saturated heterocycles. The molecule has 6 heterocycles. The Morgan fingerprint density at radius 2 is 1.90 bits per heavy atom. The van der Waals surface area contributed by atoms with E-state index < -0.39 is 0 Å². The molecule has 0 spiro atoms. The van der Waals surface area contributed by atoms with Crippen LogP contribution in [0.1, 0.15) is 65.7 Å². The molecule has 3 aromatic heterocycles. The number of nitrogens with zero attached hydrogens (tertiary/aromatic N) is 5. The van der Waals surface area contributed by atoms with E-state index in [1.807, 2.05) is 24.7 Å². The maximum absolute atomic E-state index is 12.7. The number of anilines is 1. The second-order valence-corrected chi connectivity index (χ2v) is 12.3. The van der Waals surface area contributed by atoms with Crippen molar-refractivity contribution < 1.29 is 14.6 Å². The molecule has 3 aliphatic heterocycles. The Morgan fingerprint density at radius 3 is 2.67 bits per heavy atom. The lowest BCUT2D eigenvalue weighted by Crippen LogP contribution is -2.64. The van der Waals surface area contributed by atoms with Gasteiger partial charge in [-0.2, -0.15) is 0 Å². The summed E-state index contributed by atoms with van der Waals surface area (Å²) in [4.78, 5) is 27.3. The van der Waals surface area contributed by atoms with Crippen molar-refractivity contribution in [3.8, 4) is 11.1 Å². The van der Waals surface area contributed by atoms with Crippen LogP contribution >= 0.6 is 0 Å². The summed E-state index contributed by atoms with van der Waals surface area (Å²) in [6.45, 7) is 9.55. The molecule has 0 bridgehead atoms. The van der Waals surface area contributed by atoms with Gasteiger partial charge in [0.05, 0.1) is 49.5 Å². The third-order valence-electron chi connectivity index (χ3n) is 9.27. The molecule has 1 unspecified atom stereocenters. The Hall–Kier alpha value is -3.27. The average molecular weight is 543 g/mol. The quantitative estimate of drug-likeness (QED) is 0.512. The molecule has 9 heteroatoms. The van der Waals surface area contributed by atoms with E-state index >= 15 is 0 Å². The molecule has 9 nitrogen and oxygen atoms in total. The molecule has 40 heavy (non-hydrogen) atoms. The SMILES string of the molecule is CC1(C)CN(C2COC2)CCN1c1cncc(-c2cnc(C3CNC(=O)c4cc5c(n43)CCCC5)c(CO)c2)c1. The van der Waals surface area contributed by atoms with Crippen molar-refractivity contribution in [3.05, 3.63) is 65.0 Å². The van der Waals surface area contributed by atoms with Crippen LogP contribution in [0.5, 0.6) is 0 Å². The van der Waals surface area contributed by atoms with Crippen LogP contribution in [0, 0.1) is 0 Å². The number of nitrogens with one attached hydrogen (secondary N) is 1. The summed E-state index contributed by atoms with van der Waals surface area (Å²) in [6, 6.07) is 6.69. The highest BCUT2D eigenvalue weighted by Crippen LogP contribution is 2.36. The highest BCUT2D eigenvalue weighted by atomic mass is 16.5. The number of hydrogen-bond acceptors (Lipinski definition) is 7. The molecular weight excluding hydrogens is 504 g/mol. The van der Waals surface area contributed by atoms with Crippen molar-refractivity contribution in [3.63, 3.8) is 0 Å². The first-order valence-electron chi connectivity index (χ1n) is 14.6. The molecule has 7 rings (SSSR count). The number of amides is 1. The Morgan fingerprint density at radius 1 is 1.07 bits per heavy atom. The van der Waals surface area contributed by atoms with Gasteiger partial charge in [0.1, 0.15) is 5.69 Å². The minimum atomic E-state index is -0.131. The fraction of sp³-hybridized carbons (Fsp3) is 0.516. The van der Waals surface area contributed by atoms with Crippen LogP contribution in [0.25, 0.3) is 11.1 Å². The summed E-state index contributed by atoms with van der Waals surface area (Å²) < 4.78 is 7.62. The largest absolute Gasteiger partial charge is 0.392 e. The number of carbonyl (C=O) groups is 1. The Bertz CT molecular complexity index is 1440. The van der Waals surface area contributed by atoms with Crippen LogP contribution in [-0.2, 0) is 24.2 Å². The van der Waals surface area contributed by atoms with Crippen molar-refractivity contribution in [2.24, 2.45) is 0 Å². The maximum atomic E-state index is 12.7. The number of carbonyl (C=O) groups excluding carboxylic acids is 1. The molecule has 1 amide bonds. The second-order valence-electron chi connectivity index (χ2n) is 12.3. The fourth-order valence-electron chi connectivity index (χ4n) is 7.10. The molecule has 2 fully saturated rings. The van der Waals surface area contributed by atoms with E-state index in [-0.39, 0.29) is 24.1 Å². The van der Waals surface area contributed by atoms with E-state index in [2.05, 4.69) is 50.6 Å². The van der Waals surface area contributed by atoms with Gasteiger partial charge >= 0.3 is 0 Å². The number of hydrogen-bond donors (Lipinski definition) is 2. The molecule has 0 aromatic carbocycles. The van der Waals surface area contributed by atoms with E-state index in [0.717, 1.165) is 86.6 Å². The van der Waals surface area contributed by atoms with E-state index in [1.165, 1.54) is 11.3 Å².